The molecule has 0 bridgehead atoms. The van der Waals surface area contributed by atoms with E-state index in [-0.39, 0.29) is 6.61 Å². The smallest absolute Gasteiger partial charge is 0.462 e. The molecule has 5 nitrogen and oxygen atoms in total. The molecule has 0 aromatic carbocycles. The standard InChI is InChI=1S/C14H22O5/c1-6-11(12(15)17-7-2)9-8-10-18-13(16)19-14(3,4)5/h6,8-9H,7,10H2,1-5H3/b9-8-,11-6-. The van der Waals surface area contributed by atoms with Crippen LogP contribution in [0, 0.1) is 0 Å². The maximum absolute atomic E-state index is 11.4. The summed E-state index contributed by atoms with van der Waals surface area (Å²) in [7, 11) is 0. The molecule has 0 amide bonds. The number of hydrogen-bond acceptors (Lipinski definition) is 5. The average Bonchev–Trinajstić information content (AvgIpc) is 2.27. The van der Waals surface area contributed by atoms with Crippen LogP contribution >= 0.6 is 0 Å². The van der Waals surface area contributed by atoms with Crippen LogP contribution in [-0.4, -0.2) is 30.9 Å². The van der Waals surface area contributed by atoms with Crippen LogP contribution in [0.25, 0.3) is 0 Å². The van der Waals surface area contributed by atoms with Crippen LogP contribution in [0.4, 0.5) is 4.79 Å². The summed E-state index contributed by atoms with van der Waals surface area (Å²) in [4.78, 5) is 22.6. The number of allylic oxidation sites excluding steroid dienone is 1. The summed E-state index contributed by atoms with van der Waals surface area (Å²) in [6.07, 6.45) is 3.98. The Bertz CT molecular complexity index is 361. The lowest BCUT2D eigenvalue weighted by Crippen LogP contribution is -2.24. The Morgan fingerprint density at radius 1 is 1.16 bits per heavy atom. The highest BCUT2D eigenvalue weighted by molar-refractivity contribution is 5.91. The molecule has 0 aromatic rings. The highest BCUT2D eigenvalue weighted by atomic mass is 16.7. The molecule has 0 aliphatic carbocycles. The molecule has 0 rings (SSSR count). The van der Waals surface area contributed by atoms with E-state index in [1.807, 2.05) is 0 Å². The van der Waals surface area contributed by atoms with Gasteiger partial charge in [-0.15, -0.1) is 0 Å². The lowest BCUT2D eigenvalue weighted by molar-refractivity contribution is -0.138. The second kappa shape index (κ2) is 8.34. The van der Waals surface area contributed by atoms with Crippen LogP contribution in [0.5, 0.6) is 0 Å². The van der Waals surface area contributed by atoms with E-state index < -0.39 is 17.7 Å². The second-order valence-corrected chi connectivity index (χ2v) is 4.64. The van der Waals surface area contributed by atoms with E-state index >= 15 is 0 Å². The average molecular weight is 270 g/mol. The summed E-state index contributed by atoms with van der Waals surface area (Å²) in [6, 6.07) is 0. The molecule has 0 unspecified atom stereocenters. The van der Waals surface area contributed by atoms with E-state index in [2.05, 4.69) is 0 Å². The Morgan fingerprint density at radius 2 is 1.79 bits per heavy atom. The zero-order valence-corrected chi connectivity index (χ0v) is 12.2. The summed E-state index contributed by atoms with van der Waals surface area (Å²) < 4.78 is 14.6. The third kappa shape index (κ3) is 8.88. The minimum atomic E-state index is -0.740. The Kier molecular flexibility index (Phi) is 7.56. The van der Waals surface area contributed by atoms with Crippen LogP contribution in [0.15, 0.2) is 23.8 Å². The molecule has 108 valence electrons. The van der Waals surface area contributed by atoms with Crippen molar-refractivity contribution in [3.05, 3.63) is 23.8 Å². The lowest BCUT2D eigenvalue weighted by Gasteiger charge is -2.18. The van der Waals surface area contributed by atoms with Gasteiger partial charge in [-0.2, -0.15) is 0 Å². The Balaban J connectivity index is 4.15. The van der Waals surface area contributed by atoms with Gasteiger partial charge in [-0.3, -0.25) is 0 Å². The molecule has 0 aliphatic rings. The number of carbonyl (C=O) groups is 2. The van der Waals surface area contributed by atoms with Gasteiger partial charge in [0.15, 0.2) is 0 Å². The largest absolute Gasteiger partial charge is 0.509 e. The molecule has 0 heterocycles. The molecule has 0 spiro atoms. The lowest BCUT2D eigenvalue weighted by atomic mass is 10.2. The Morgan fingerprint density at radius 3 is 2.26 bits per heavy atom. The third-order valence-corrected chi connectivity index (χ3v) is 1.81. The number of carbonyl (C=O) groups excluding carboxylic acids is 2. The predicted octanol–water partition coefficient (Wildman–Crippen LogP) is 3.00. The minimum Gasteiger partial charge on any atom is -0.462 e. The van der Waals surface area contributed by atoms with Gasteiger partial charge in [0.2, 0.25) is 0 Å². The molecule has 0 fully saturated rings. The molecule has 0 saturated carbocycles. The van der Waals surface area contributed by atoms with E-state index in [1.165, 1.54) is 0 Å². The summed E-state index contributed by atoms with van der Waals surface area (Å²) in [5, 5.41) is 0. The van der Waals surface area contributed by atoms with E-state index in [9.17, 15) is 9.59 Å². The molecule has 0 aromatic heterocycles. The fourth-order valence-corrected chi connectivity index (χ4v) is 1.07. The monoisotopic (exact) mass is 270 g/mol. The molecule has 0 aliphatic heterocycles. The molecular formula is C14H22O5. The van der Waals surface area contributed by atoms with Gasteiger partial charge in [-0.25, -0.2) is 9.59 Å². The zero-order valence-electron chi connectivity index (χ0n) is 12.2. The molecular weight excluding hydrogens is 248 g/mol. The topological polar surface area (TPSA) is 61.8 Å². The molecule has 0 radical (unpaired) electrons. The van der Waals surface area contributed by atoms with Gasteiger partial charge in [0.05, 0.1) is 12.2 Å². The highest BCUT2D eigenvalue weighted by Crippen LogP contribution is 2.08. The first-order chi connectivity index (χ1) is 8.80. The van der Waals surface area contributed by atoms with Gasteiger partial charge >= 0.3 is 12.1 Å². The van der Waals surface area contributed by atoms with E-state index in [0.717, 1.165) is 0 Å². The third-order valence-electron chi connectivity index (χ3n) is 1.81. The van der Waals surface area contributed by atoms with E-state index in [0.29, 0.717) is 12.2 Å². The zero-order chi connectivity index (χ0) is 14.9. The van der Waals surface area contributed by atoms with Crippen molar-refractivity contribution in [2.75, 3.05) is 13.2 Å². The number of rotatable bonds is 5. The molecule has 19 heavy (non-hydrogen) atoms. The van der Waals surface area contributed by atoms with Crippen molar-refractivity contribution in [3.8, 4) is 0 Å². The van der Waals surface area contributed by atoms with Crippen molar-refractivity contribution in [1.29, 1.82) is 0 Å². The first-order valence-electron chi connectivity index (χ1n) is 6.16. The maximum Gasteiger partial charge on any atom is 0.509 e. The van der Waals surface area contributed by atoms with Crippen LogP contribution in [0.1, 0.15) is 34.6 Å². The van der Waals surface area contributed by atoms with Crippen LogP contribution in [-0.2, 0) is 19.0 Å². The SMILES string of the molecule is C/C=C(/C=C\COC(=O)OC(C)(C)C)C(=O)OCC. The highest BCUT2D eigenvalue weighted by Gasteiger charge is 2.16. The Labute approximate surface area is 114 Å². The van der Waals surface area contributed by atoms with Crippen molar-refractivity contribution in [3.63, 3.8) is 0 Å². The first-order valence-corrected chi connectivity index (χ1v) is 6.16. The van der Waals surface area contributed by atoms with Crippen molar-refractivity contribution in [1.82, 2.24) is 0 Å². The summed E-state index contributed by atoms with van der Waals surface area (Å²) >= 11 is 0. The number of esters is 1. The molecule has 0 atom stereocenters. The second-order valence-electron chi connectivity index (χ2n) is 4.64. The molecule has 0 saturated heterocycles. The summed E-state index contributed by atoms with van der Waals surface area (Å²) in [6.45, 7) is 9.07. The number of hydrogen-bond donors (Lipinski definition) is 0. The fraction of sp³-hybridized carbons (Fsp3) is 0.571. The maximum atomic E-state index is 11.4. The van der Waals surface area contributed by atoms with Crippen LogP contribution in [0.2, 0.25) is 0 Å². The van der Waals surface area contributed by atoms with Gasteiger partial charge in [-0.1, -0.05) is 6.08 Å². The van der Waals surface area contributed by atoms with Crippen LogP contribution < -0.4 is 0 Å². The molecule has 5 heteroatoms. The van der Waals surface area contributed by atoms with Crippen molar-refractivity contribution < 1.29 is 23.8 Å². The van der Waals surface area contributed by atoms with Crippen LogP contribution in [0.3, 0.4) is 0 Å². The van der Waals surface area contributed by atoms with Crippen molar-refractivity contribution in [2.24, 2.45) is 0 Å². The van der Waals surface area contributed by atoms with Gasteiger partial charge in [0.1, 0.15) is 12.2 Å². The van der Waals surface area contributed by atoms with Gasteiger partial charge in [0.25, 0.3) is 0 Å². The molecule has 0 N–H and O–H groups in total. The summed E-state index contributed by atoms with van der Waals surface area (Å²) in [5.74, 6) is -0.404. The fourth-order valence-electron chi connectivity index (χ4n) is 1.07. The van der Waals surface area contributed by atoms with Crippen molar-refractivity contribution >= 4 is 12.1 Å². The van der Waals surface area contributed by atoms with E-state index in [4.69, 9.17) is 14.2 Å². The van der Waals surface area contributed by atoms with Gasteiger partial charge in [0, 0.05) is 0 Å². The minimum absolute atomic E-state index is 0.0334. The number of ether oxygens (including phenoxy) is 3. The predicted molar refractivity (Wildman–Crippen MR) is 71.7 cm³/mol. The first kappa shape index (κ1) is 17.2. The summed E-state index contributed by atoms with van der Waals surface area (Å²) in [5.41, 5.74) is -0.171. The quantitative estimate of drug-likeness (QED) is 0.436. The van der Waals surface area contributed by atoms with E-state index in [1.54, 1.807) is 52.8 Å². The van der Waals surface area contributed by atoms with Crippen molar-refractivity contribution in [2.45, 2.75) is 40.2 Å². The van der Waals surface area contributed by atoms with Gasteiger partial charge < -0.3 is 14.2 Å². The normalized spacial score (nSPS) is 12.4. The van der Waals surface area contributed by atoms with Gasteiger partial charge in [-0.05, 0) is 46.8 Å². The Hall–Kier alpha value is -1.78.